The third kappa shape index (κ3) is 5.36. The Morgan fingerprint density at radius 1 is 1.09 bits per heavy atom. The van der Waals surface area contributed by atoms with Crippen molar-refractivity contribution in [3.8, 4) is 11.5 Å². The molecule has 1 amide bonds. The van der Waals surface area contributed by atoms with Crippen molar-refractivity contribution in [2.24, 2.45) is 0 Å². The molecule has 0 spiro atoms. The van der Waals surface area contributed by atoms with E-state index in [4.69, 9.17) is 14.2 Å². The van der Waals surface area contributed by atoms with E-state index in [1.165, 1.54) is 44.4 Å². The fourth-order valence-corrected chi connectivity index (χ4v) is 2.92. The van der Waals surface area contributed by atoms with Gasteiger partial charge in [-0.15, -0.1) is 0 Å². The van der Waals surface area contributed by atoms with E-state index in [2.05, 4.69) is 20.3 Å². The SMILES string of the molecule is COc1cc2ncn(CCCC(=O)OC(C)C(=O)Nc3ncccn3)c(=O)c2cc1OC. The maximum absolute atomic E-state index is 12.8. The average Bonchev–Trinajstić information content (AvgIpc) is 2.80. The van der Waals surface area contributed by atoms with Crippen LogP contribution in [0.3, 0.4) is 0 Å². The Kier molecular flexibility index (Phi) is 7.32. The number of fused-ring (bicyclic) bond motifs is 1. The van der Waals surface area contributed by atoms with Crippen molar-refractivity contribution < 1.29 is 23.8 Å². The largest absolute Gasteiger partial charge is 0.493 e. The minimum absolute atomic E-state index is 0.0237. The Bertz CT molecular complexity index is 1160. The average molecular weight is 441 g/mol. The summed E-state index contributed by atoms with van der Waals surface area (Å²) in [7, 11) is 2.99. The lowest BCUT2D eigenvalue weighted by atomic mass is 10.2. The molecule has 168 valence electrons. The fraction of sp³-hybridized carbons (Fsp3) is 0.333. The zero-order chi connectivity index (χ0) is 23.1. The van der Waals surface area contributed by atoms with Crippen LogP contribution in [0, 0.1) is 0 Å². The standard InChI is InChI=1S/C21H23N5O6/c1-13(19(28)25-21-22-7-5-8-23-21)32-18(27)6-4-9-26-12-24-15-11-17(31-3)16(30-2)10-14(15)20(26)29/h5,7-8,10-13H,4,6,9H2,1-3H3,(H,22,23,25,28). The van der Waals surface area contributed by atoms with Crippen LogP contribution in [0.1, 0.15) is 19.8 Å². The van der Waals surface area contributed by atoms with Crippen LogP contribution in [-0.2, 0) is 20.9 Å². The van der Waals surface area contributed by atoms with E-state index in [0.29, 0.717) is 28.8 Å². The molecule has 3 aromatic rings. The van der Waals surface area contributed by atoms with Crippen LogP contribution in [0.2, 0.25) is 0 Å². The number of hydrogen-bond donors (Lipinski definition) is 1. The van der Waals surface area contributed by atoms with Gasteiger partial charge in [0.15, 0.2) is 17.6 Å². The first-order chi connectivity index (χ1) is 15.4. The maximum atomic E-state index is 12.8. The lowest BCUT2D eigenvalue weighted by molar-refractivity contribution is -0.153. The van der Waals surface area contributed by atoms with Crippen molar-refractivity contribution in [1.82, 2.24) is 19.5 Å². The van der Waals surface area contributed by atoms with E-state index in [1.807, 2.05) is 0 Å². The van der Waals surface area contributed by atoms with Gasteiger partial charge in [-0.05, 0) is 25.5 Å². The van der Waals surface area contributed by atoms with E-state index in [0.717, 1.165) is 0 Å². The third-order valence-electron chi connectivity index (χ3n) is 4.59. The van der Waals surface area contributed by atoms with Gasteiger partial charge in [0.1, 0.15) is 0 Å². The van der Waals surface area contributed by atoms with E-state index in [-0.39, 0.29) is 24.5 Å². The molecule has 0 aliphatic heterocycles. The minimum Gasteiger partial charge on any atom is -0.493 e. The predicted molar refractivity (Wildman–Crippen MR) is 115 cm³/mol. The summed E-state index contributed by atoms with van der Waals surface area (Å²) in [6, 6.07) is 4.82. The molecule has 11 heteroatoms. The van der Waals surface area contributed by atoms with Gasteiger partial charge >= 0.3 is 5.97 Å². The Labute approximate surface area is 183 Å². The van der Waals surface area contributed by atoms with E-state index in [9.17, 15) is 14.4 Å². The van der Waals surface area contributed by atoms with Gasteiger partial charge in [-0.1, -0.05) is 0 Å². The van der Waals surface area contributed by atoms with Crippen LogP contribution in [0.5, 0.6) is 11.5 Å². The molecule has 0 saturated carbocycles. The lowest BCUT2D eigenvalue weighted by Gasteiger charge is -2.13. The highest BCUT2D eigenvalue weighted by Gasteiger charge is 2.18. The van der Waals surface area contributed by atoms with Crippen LogP contribution in [0.4, 0.5) is 5.95 Å². The summed E-state index contributed by atoms with van der Waals surface area (Å²) in [5, 5.41) is 2.84. The normalized spacial score (nSPS) is 11.6. The van der Waals surface area contributed by atoms with Gasteiger partial charge in [-0.2, -0.15) is 0 Å². The van der Waals surface area contributed by atoms with Crippen molar-refractivity contribution in [3.63, 3.8) is 0 Å². The molecule has 32 heavy (non-hydrogen) atoms. The Balaban J connectivity index is 1.56. The first kappa shape index (κ1) is 22.7. The molecule has 0 aliphatic carbocycles. The van der Waals surface area contributed by atoms with Crippen LogP contribution in [0.25, 0.3) is 10.9 Å². The number of nitrogens with one attached hydrogen (secondary N) is 1. The number of hydrogen-bond acceptors (Lipinski definition) is 9. The molecule has 3 rings (SSSR count). The second-order valence-electron chi connectivity index (χ2n) is 6.76. The zero-order valence-electron chi connectivity index (χ0n) is 17.9. The minimum atomic E-state index is -1.01. The van der Waals surface area contributed by atoms with Crippen LogP contribution in [-0.4, -0.2) is 51.7 Å². The van der Waals surface area contributed by atoms with Gasteiger partial charge in [0.25, 0.3) is 11.5 Å². The summed E-state index contributed by atoms with van der Waals surface area (Å²) in [4.78, 5) is 48.9. The van der Waals surface area contributed by atoms with Crippen molar-refractivity contribution >= 4 is 28.7 Å². The summed E-state index contributed by atoms with van der Waals surface area (Å²) >= 11 is 0. The molecule has 11 nitrogen and oxygen atoms in total. The molecule has 0 saturated heterocycles. The van der Waals surface area contributed by atoms with Crippen molar-refractivity contribution in [2.75, 3.05) is 19.5 Å². The van der Waals surface area contributed by atoms with Gasteiger partial charge in [0, 0.05) is 31.4 Å². The highest BCUT2D eigenvalue weighted by molar-refractivity contribution is 5.93. The molecule has 1 aromatic carbocycles. The van der Waals surface area contributed by atoms with E-state index in [1.54, 1.807) is 18.2 Å². The summed E-state index contributed by atoms with van der Waals surface area (Å²) in [5.74, 6) is -0.0747. The summed E-state index contributed by atoms with van der Waals surface area (Å²) in [5.41, 5.74) is 0.213. The highest BCUT2D eigenvalue weighted by Crippen LogP contribution is 2.29. The van der Waals surface area contributed by atoms with Gasteiger partial charge < -0.3 is 14.2 Å². The van der Waals surface area contributed by atoms with Crippen LogP contribution < -0.4 is 20.3 Å². The monoisotopic (exact) mass is 441 g/mol. The fourth-order valence-electron chi connectivity index (χ4n) is 2.92. The van der Waals surface area contributed by atoms with Crippen molar-refractivity contribution in [1.29, 1.82) is 0 Å². The number of rotatable bonds is 9. The Hall–Kier alpha value is -4.02. The zero-order valence-corrected chi connectivity index (χ0v) is 17.9. The highest BCUT2D eigenvalue weighted by atomic mass is 16.5. The number of anilines is 1. The number of aryl methyl sites for hydroxylation is 1. The van der Waals surface area contributed by atoms with Crippen molar-refractivity contribution in [2.45, 2.75) is 32.4 Å². The molecule has 0 radical (unpaired) electrons. The second kappa shape index (κ2) is 10.3. The first-order valence-corrected chi connectivity index (χ1v) is 9.81. The molecule has 0 fully saturated rings. The quantitative estimate of drug-likeness (QED) is 0.491. The smallest absolute Gasteiger partial charge is 0.306 e. The second-order valence-corrected chi connectivity index (χ2v) is 6.76. The Morgan fingerprint density at radius 3 is 2.47 bits per heavy atom. The number of benzene rings is 1. The molecule has 0 aliphatic rings. The molecule has 1 N–H and O–H groups in total. The van der Waals surface area contributed by atoms with Gasteiger partial charge in [-0.25, -0.2) is 15.0 Å². The number of ether oxygens (including phenoxy) is 3. The number of nitrogens with zero attached hydrogens (tertiary/aromatic N) is 4. The summed E-state index contributed by atoms with van der Waals surface area (Å²) < 4.78 is 17.0. The number of aromatic nitrogens is 4. The molecule has 1 unspecified atom stereocenters. The Morgan fingerprint density at radius 2 is 1.78 bits per heavy atom. The molecule has 0 bridgehead atoms. The molecular weight excluding hydrogens is 418 g/mol. The lowest BCUT2D eigenvalue weighted by Crippen LogP contribution is -2.30. The number of methoxy groups -OCH3 is 2. The molecule has 1 atom stereocenters. The van der Waals surface area contributed by atoms with Crippen LogP contribution >= 0.6 is 0 Å². The summed E-state index contributed by atoms with van der Waals surface area (Å²) in [6.45, 7) is 1.71. The molecular formula is C21H23N5O6. The third-order valence-corrected chi connectivity index (χ3v) is 4.59. The van der Waals surface area contributed by atoms with Gasteiger partial charge in [0.05, 0.1) is 31.4 Å². The van der Waals surface area contributed by atoms with E-state index >= 15 is 0 Å². The predicted octanol–water partition coefficient (Wildman–Crippen LogP) is 1.55. The number of carbonyl (C=O) groups is 2. The summed E-state index contributed by atoms with van der Waals surface area (Å²) in [6.07, 6.45) is 3.72. The van der Waals surface area contributed by atoms with Gasteiger partial charge in [0.2, 0.25) is 5.95 Å². The molecule has 2 aromatic heterocycles. The first-order valence-electron chi connectivity index (χ1n) is 9.81. The number of amides is 1. The van der Waals surface area contributed by atoms with Gasteiger partial charge in [-0.3, -0.25) is 24.3 Å². The van der Waals surface area contributed by atoms with Crippen molar-refractivity contribution in [3.05, 3.63) is 47.3 Å². The van der Waals surface area contributed by atoms with Crippen LogP contribution in [0.15, 0.2) is 41.7 Å². The number of carbonyl (C=O) groups excluding carboxylic acids is 2. The molecule has 2 heterocycles. The van der Waals surface area contributed by atoms with E-state index < -0.39 is 18.0 Å². The number of esters is 1. The maximum Gasteiger partial charge on any atom is 0.306 e. The topological polar surface area (TPSA) is 135 Å².